The molecule has 0 saturated carbocycles. The van der Waals surface area contributed by atoms with Gasteiger partial charge in [-0.15, -0.1) is 0 Å². The molecule has 0 N–H and O–H groups in total. The number of hydrogen-bond donors (Lipinski definition) is 0. The molecule has 2 nitrogen and oxygen atoms in total. The summed E-state index contributed by atoms with van der Waals surface area (Å²) in [5, 5.41) is 5.25. The maximum absolute atomic E-state index is 5.38. The SMILES string of the molecule is Cc1cc2c(-c3ccccc3)noc2cc1I. The topological polar surface area (TPSA) is 26.0 Å². The van der Waals surface area contributed by atoms with E-state index < -0.39 is 0 Å². The van der Waals surface area contributed by atoms with Crippen LogP contribution in [0.1, 0.15) is 5.56 Å². The molecule has 0 saturated heterocycles. The lowest BCUT2D eigenvalue weighted by molar-refractivity contribution is 0.459. The highest BCUT2D eigenvalue weighted by Crippen LogP contribution is 2.30. The van der Waals surface area contributed by atoms with Crippen molar-refractivity contribution in [1.29, 1.82) is 0 Å². The summed E-state index contributed by atoms with van der Waals surface area (Å²) in [6.45, 7) is 2.10. The molecule has 1 aromatic heterocycles. The maximum Gasteiger partial charge on any atom is 0.168 e. The number of nitrogens with zero attached hydrogens (tertiary/aromatic N) is 1. The monoisotopic (exact) mass is 335 g/mol. The minimum Gasteiger partial charge on any atom is -0.356 e. The molecule has 3 aromatic rings. The van der Waals surface area contributed by atoms with Crippen LogP contribution in [0, 0.1) is 10.5 Å². The van der Waals surface area contributed by atoms with E-state index in [1.54, 1.807) is 0 Å². The highest BCUT2D eigenvalue weighted by Gasteiger charge is 2.11. The Kier molecular flexibility index (Phi) is 2.63. The van der Waals surface area contributed by atoms with Crippen LogP contribution in [0.4, 0.5) is 0 Å². The van der Waals surface area contributed by atoms with Crippen molar-refractivity contribution in [3.8, 4) is 11.3 Å². The largest absolute Gasteiger partial charge is 0.356 e. The Morgan fingerprint density at radius 2 is 1.88 bits per heavy atom. The number of aryl methyl sites for hydroxylation is 1. The van der Waals surface area contributed by atoms with Gasteiger partial charge < -0.3 is 4.52 Å². The predicted octanol–water partition coefficient (Wildman–Crippen LogP) is 4.41. The zero-order valence-corrected chi connectivity index (χ0v) is 11.4. The third kappa shape index (κ3) is 1.84. The summed E-state index contributed by atoms with van der Waals surface area (Å²) in [7, 11) is 0. The van der Waals surface area contributed by atoms with Gasteiger partial charge in [0, 0.05) is 9.13 Å². The minimum absolute atomic E-state index is 0.846. The molecule has 84 valence electrons. The molecule has 2 aromatic carbocycles. The van der Waals surface area contributed by atoms with Crippen molar-refractivity contribution >= 4 is 33.6 Å². The Labute approximate surface area is 113 Å². The molecule has 3 rings (SSSR count). The van der Waals surface area contributed by atoms with Crippen LogP contribution in [0.3, 0.4) is 0 Å². The van der Waals surface area contributed by atoms with Gasteiger partial charge in [0.2, 0.25) is 0 Å². The standard InChI is InChI=1S/C14H10INO/c1-9-7-11-13(8-12(9)15)17-16-14(11)10-5-3-2-4-6-10/h2-8H,1H3. The van der Waals surface area contributed by atoms with Gasteiger partial charge in [0.15, 0.2) is 5.58 Å². The molecular formula is C14H10INO. The first-order valence-electron chi connectivity index (χ1n) is 5.36. The van der Waals surface area contributed by atoms with Crippen molar-refractivity contribution in [1.82, 2.24) is 5.16 Å². The van der Waals surface area contributed by atoms with E-state index in [0.29, 0.717) is 0 Å². The summed E-state index contributed by atoms with van der Waals surface area (Å²) in [5.74, 6) is 0. The van der Waals surface area contributed by atoms with E-state index in [-0.39, 0.29) is 0 Å². The fourth-order valence-corrected chi connectivity index (χ4v) is 2.31. The lowest BCUT2D eigenvalue weighted by Gasteiger charge is -1.98. The second-order valence-corrected chi connectivity index (χ2v) is 5.16. The summed E-state index contributed by atoms with van der Waals surface area (Å²) >= 11 is 2.31. The van der Waals surface area contributed by atoms with Gasteiger partial charge in [-0.05, 0) is 47.2 Å². The van der Waals surface area contributed by atoms with Crippen LogP contribution in [-0.4, -0.2) is 5.16 Å². The molecule has 0 aliphatic rings. The molecule has 0 fully saturated rings. The third-order valence-electron chi connectivity index (χ3n) is 2.80. The molecule has 3 heteroatoms. The van der Waals surface area contributed by atoms with Gasteiger partial charge in [-0.3, -0.25) is 0 Å². The predicted molar refractivity (Wildman–Crippen MR) is 76.9 cm³/mol. The average molecular weight is 335 g/mol. The number of fused-ring (bicyclic) bond motifs is 1. The van der Waals surface area contributed by atoms with Crippen molar-refractivity contribution in [2.75, 3.05) is 0 Å². The van der Waals surface area contributed by atoms with E-state index in [2.05, 4.69) is 40.7 Å². The number of benzene rings is 2. The number of rotatable bonds is 1. The van der Waals surface area contributed by atoms with Gasteiger partial charge >= 0.3 is 0 Å². The summed E-state index contributed by atoms with van der Waals surface area (Å²) in [6, 6.07) is 14.3. The Balaban J connectivity index is 2.29. The number of hydrogen-bond acceptors (Lipinski definition) is 2. The highest BCUT2D eigenvalue weighted by atomic mass is 127. The molecule has 0 amide bonds. The van der Waals surface area contributed by atoms with E-state index in [0.717, 1.165) is 22.2 Å². The van der Waals surface area contributed by atoms with Gasteiger partial charge in [-0.1, -0.05) is 35.5 Å². The first-order chi connectivity index (χ1) is 8.25. The van der Waals surface area contributed by atoms with Crippen molar-refractivity contribution in [3.63, 3.8) is 0 Å². The molecule has 0 atom stereocenters. The van der Waals surface area contributed by atoms with Crippen molar-refractivity contribution in [2.24, 2.45) is 0 Å². The summed E-state index contributed by atoms with van der Waals surface area (Å²) in [4.78, 5) is 0. The van der Waals surface area contributed by atoms with Crippen molar-refractivity contribution < 1.29 is 4.52 Å². The molecule has 17 heavy (non-hydrogen) atoms. The van der Waals surface area contributed by atoms with Crippen LogP contribution in [0.15, 0.2) is 47.0 Å². The lowest BCUT2D eigenvalue weighted by Crippen LogP contribution is -1.81. The smallest absolute Gasteiger partial charge is 0.168 e. The summed E-state index contributed by atoms with van der Waals surface area (Å²) in [6.07, 6.45) is 0. The molecule has 1 heterocycles. The van der Waals surface area contributed by atoms with Crippen LogP contribution in [0.5, 0.6) is 0 Å². The number of halogens is 1. The lowest BCUT2D eigenvalue weighted by atomic mass is 10.1. The second-order valence-electron chi connectivity index (χ2n) is 3.99. The Morgan fingerprint density at radius 1 is 1.12 bits per heavy atom. The Hall–Kier alpha value is -1.36. The van der Waals surface area contributed by atoms with Gasteiger partial charge in [-0.2, -0.15) is 0 Å². The molecule has 0 spiro atoms. The fraction of sp³-hybridized carbons (Fsp3) is 0.0714. The Bertz CT molecular complexity index is 673. The molecule has 0 aliphatic heterocycles. The highest BCUT2D eigenvalue weighted by molar-refractivity contribution is 14.1. The molecule has 0 aliphatic carbocycles. The molecule has 0 bridgehead atoms. The van der Waals surface area contributed by atoms with E-state index in [1.165, 1.54) is 9.13 Å². The van der Waals surface area contributed by atoms with Crippen LogP contribution in [-0.2, 0) is 0 Å². The zero-order valence-electron chi connectivity index (χ0n) is 9.27. The maximum atomic E-state index is 5.38. The first kappa shape index (κ1) is 10.8. The van der Waals surface area contributed by atoms with Crippen LogP contribution < -0.4 is 0 Å². The fourth-order valence-electron chi connectivity index (χ4n) is 1.87. The van der Waals surface area contributed by atoms with E-state index in [4.69, 9.17) is 4.52 Å². The van der Waals surface area contributed by atoms with Gasteiger partial charge in [0.1, 0.15) is 5.69 Å². The third-order valence-corrected chi connectivity index (χ3v) is 3.96. The van der Waals surface area contributed by atoms with Gasteiger partial charge in [-0.25, -0.2) is 0 Å². The van der Waals surface area contributed by atoms with E-state index in [1.807, 2.05) is 36.4 Å². The molecular weight excluding hydrogens is 325 g/mol. The van der Waals surface area contributed by atoms with E-state index in [9.17, 15) is 0 Å². The summed E-state index contributed by atoms with van der Waals surface area (Å²) < 4.78 is 6.58. The Morgan fingerprint density at radius 3 is 2.65 bits per heavy atom. The molecule has 0 radical (unpaired) electrons. The van der Waals surface area contributed by atoms with E-state index >= 15 is 0 Å². The van der Waals surface area contributed by atoms with Crippen molar-refractivity contribution in [3.05, 3.63) is 51.6 Å². The average Bonchev–Trinajstić information content (AvgIpc) is 2.74. The zero-order chi connectivity index (χ0) is 11.8. The first-order valence-corrected chi connectivity index (χ1v) is 6.44. The minimum atomic E-state index is 0.846. The van der Waals surface area contributed by atoms with Gasteiger partial charge in [0.25, 0.3) is 0 Å². The second kappa shape index (κ2) is 4.14. The van der Waals surface area contributed by atoms with Crippen molar-refractivity contribution in [2.45, 2.75) is 6.92 Å². The van der Waals surface area contributed by atoms with Crippen LogP contribution >= 0.6 is 22.6 Å². The van der Waals surface area contributed by atoms with Crippen LogP contribution in [0.25, 0.3) is 22.2 Å². The molecule has 0 unspecified atom stereocenters. The normalized spacial score (nSPS) is 10.9. The van der Waals surface area contributed by atoms with Gasteiger partial charge in [0.05, 0.1) is 5.39 Å². The number of aromatic nitrogens is 1. The summed E-state index contributed by atoms with van der Waals surface area (Å²) in [5.41, 5.74) is 4.10. The van der Waals surface area contributed by atoms with Crippen LogP contribution in [0.2, 0.25) is 0 Å². The quantitative estimate of drug-likeness (QED) is 0.616.